The Balaban J connectivity index is 3.01. The maximum Gasteiger partial charge on any atom is 0.335 e. The number of hydrogen-bond acceptors (Lipinski definition) is 3. The van der Waals surface area contributed by atoms with E-state index in [1.165, 1.54) is 0 Å². The first kappa shape index (κ1) is 13.5. The monoisotopic (exact) mass is 237 g/mol. The number of benzene rings is 1. The summed E-state index contributed by atoms with van der Waals surface area (Å²) in [4.78, 5) is 13.1. The summed E-state index contributed by atoms with van der Waals surface area (Å²) >= 11 is 0. The van der Waals surface area contributed by atoms with Crippen molar-refractivity contribution in [1.29, 1.82) is 0 Å². The van der Waals surface area contributed by atoms with Gasteiger partial charge in [-0.25, -0.2) is 4.79 Å². The molecule has 0 aliphatic carbocycles. The molecule has 0 heterocycles. The van der Waals surface area contributed by atoms with E-state index in [4.69, 9.17) is 9.84 Å². The molecular formula is C13H19NO3. The van der Waals surface area contributed by atoms with Gasteiger partial charge in [-0.2, -0.15) is 0 Å². The highest BCUT2D eigenvalue weighted by Crippen LogP contribution is 2.21. The number of carboxylic acids is 1. The van der Waals surface area contributed by atoms with Gasteiger partial charge in [0.1, 0.15) is 5.75 Å². The fourth-order valence-electron chi connectivity index (χ4n) is 1.72. The Kier molecular flexibility index (Phi) is 4.97. The van der Waals surface area contributed by atoms with Crippen molar-refractivity contribution < 1.29 is 14.6 Å². The number of methoxy groups -OCH3 is 1. The van der Waals surface area contributed by atoms with Gasteiger partial charge in [0, 0.05) is 12.1 Å². The number of carboxylic acid groups (broad SMARTS) is 1. The predicted octanol–water partition coefficient (Wildman–Crippen LogP) is 2.24. The fraction of sp³-hybridized carbons (Fsp3) is 0.462. The molecule has 0 bridgehead atoms. The second-order valence-electron chi connectivity index (χ2n) is 3.79. The zero-order valence-electron chi connectivity index (χ0n) is 10.6. The molecule has 1 rings (SSSR count). The average molecular weight is 237 g/mol. The maximum atomic E-state index is 10.9. The van der Waals surface area contributed by atoms with E-state index in [0.717, 1.165) is 24.4 Å². The minimum atomic E-state index is -0.909. The van der Waals surface area contributed by atoms with E-state index in [2.05, 4.69) is 18.7 Å². The smallest absolute Gasteiger partial charge is 0.335 e. The molecule has 0 aromatic heterocycles. The summed E-state index contributed by atoms with van der Waals surface area (Å²) in [6.07, 6.45) is 0. The maximum absolute atomic E-state index is 10.9. The van der Waals surface area contributed by atoms with Gasteiger partial charge in [0.15, 0.2) is 0 Å². The largest absolute Gasteiger partial charge is 0.496 e. The zero-order valence-corrected chi connectivity index (χ0v) is 10.6. The van der Waals surface area contributed by atoms with Crippen LogP contribution in [0.15, 0.2) is 18.2 Å². The van der Waals surface area contributed by atoms with Gasteiger partial charge in [0.05, 0.1) is 12.7 Å². The molecule has 1 aromatic rings. The van der Waals surface area contributed by atoms with Crippen molar-refractivity contribution in [3.8, 4) is 5.75 Å². The molecule has 1 N–H and O–H groups in total. The van der Waals surface area contributed by atoms with Gasteiger partial charge in [-0.1, -0.05) is 13.8 Å². The summed E-state index contributed by atoms with van der Waals surface area (Å²) < 4.78 is 5.25. The van der Waals surface area contributed by atoms with Gasteiger partial charge in [0.25, 0.3) is 0 Å². The molecule has 0 amide bonds. The first-order valence-corrected chi connectivity index (χ1v) is 5.74. The van der Waals surface area contributed by atoms with Crippen molar-refractivity contribution >= 4 is 5.97 Å². The summed E-state index contributed by atoms with van der Waals surface area (Å²) in [5.41, 5.74) is 1.21. The molecule has 4 heteroatoms. The van der Waals surface area contributed by atoms with E-state index in [9.17, 15) is 4.79 Å². The van der Waals surface area contributed by atoms with Crippen LogP contribution in [0.3, 0.4) is 0 Å². The van der Waals surface area contributed by atoms with Crippen LogP contribution >= 0.6 is 0 Å². The third kappa shape index (κ3) is 3.46. The molecular weight excluding hydrogens is 218 g/mol. The van der Waals surface area contributed by atoms with E-state index >= 15 is 0 Å². The van der Waals surface area contributed by atoms with Gasteiger partial charge in [0.2, 0.25) is 0 Å². The van der Waals surface area contributed by atoms with Gasteiger partial charge in [-0.3, -0.25) is 4.90 Å². The fourth-order valence-corrected chi connectivity index (χ4v) is 1.72. The van der Waals surface area contributed by atoms with Crippen molar-refractivity contribution in [2.24, 2.45) is 0 Å². The number of hydrogen-bond donors (Lipinski definition) is 1. The predicted molar refractivity (Wildman–Crippen MR) is 66.6 cm³/mol. The van der Waals surface area contributed by atoms with Crippen molar-refractivity contribution in [3.63, 3.8) is 0 Å². The molecule has 0 spiro atoms. The molecule has 1 aromatic carbocycles. The highest BCUT2D eigenvalue weighted by molar-refractivity contribution is 5.88. The van der Waals surface area contributed by atoms with Crippen molar-refractivity contribution in [2.75, 3.05) is 20.2 Å². The quantitative estimate of drug-likeness (QED) is 0.824. The third-order valence-electron chi connectivity index (χ3n) is 2.82. The first-order valence-electron chi connectivity index (χ1n) is 5.74. The van der Waals surface area contributed by atoms with Gasteiger partial charge in [-0.15, -0.1) is 0 Å². The molecule has 0 aliphatic rings. The Morgan fingerprint density at radius 3 is 2.47 bits per heavy atom. The van der Waals surface area contributed by atoms with E-state index < -0.39 is 5.97 Å². The lowest BCUT2D eigenvalue weighted by Crippen LogP contribution is -2.22. The van der Waals surface area contributed by atoms with Crippen LogP contribution in [-0.2, 0) is 6.54 Å². The molecule has 17 heavy (non-hydrogen) atoms. The van der Waals surface area contributed by atoms with Crippen LogP contribution in [0.5, 0.6) is 5.75 Å². The van der Waals surface area contributed by atoms with Crippen molar-refractivity contribution in [1.82, 2.24) is 4.90 Å². The Morgan fingerprint density at radius 2 is 2.00 bits per heavy atom. The van der Waals surface area contributed by atoms with E-state index in [1.807, 2.05) is 0 Å². The lowest BCUT2D eigenvalue weighted by Gasteiger charge is -2.19. The standard InChI is InChI=1S/C13H19NO3/c1-4-14(5-2)9-11-8-10(13(15)16)6-7-12(11)17-3/h6-8H,4-5,9H2,1-3H3,(H,15,16). The molecule has 4 nitrogen and oxygen atoms in total. The number of rotatable bonds is 6. The summed E-state index contributed by atoms with van der Waals surface area (Å²) in [5.74, 6) is -0.171. The number of ether oxygens (including phenoxy) is 1. The van der Waals surface area contributed by atoms with Crippen molar-refractivity contribution in [3.05, 3.63) is 29.3 Å². The number of nitrogens with zero attached hydrogens (tertiary/aromatic N) is 1. The number of carbonyl (C=O) groups is 1. The second-order valence-corrected chi connectivity index (χ2v) is 3.79. The average Bonchev–Trinajstić information content (AvgIpc) is 2.35. The van der Waals surface area contributed by atoms with E-state index in [0.29, 0.717) is 12.1 Å². The molecule has 0 atom stereocenters. The Bertz CT molecular complexity index is 386. The minimum absolute atomic E-state index is 0.299. The topological polar surface area (TPSA) is 49.8 Å². The minimum Gasteiger partial charge on any atom is -0.496 e. The summed E-state index contributed by atoms with van der Waals surface area (Å²) in [7, 11) is 1.60. The Hall–Kier alpha value is -1.55. The van der Waals surface area contributed by atoms with Crippen LogP contribution in [0.1, 0.15) is 29.8 Å². The van der Waals surface area contributed by atoms with Crippen LogP contribution in [0.25, 0.3) is 0 Å². The third-order valence-corrected chi connectivity index (χ3v) is 2.82. The van der Waals surface area contributed by atoms with Crippen LogP contribution < -0.4 is 4.74 Å². The highest BCUT2D eigenvalue weighted by Gasteiger charge is 2.11. The summed E-state index contributed by atoms with van der Waals surface area (Å²) in [6, 6.07) is 4.95. The van der Waals surface area contributed by atoms with Gasteiger partial charge in [-0.05, 0) is 31.3 Å². The van der Waals surface area contributed by atoms with E-state index in [1.54, 1.807) is 25.3 Å². The molecule has 0 aliphatic heterocycles. The highest BCUT2D eigenvalue weighted by atomic mass is 16.5. The Morgan fingerprint density at radius 1 is 1.35 bits per heavy atom. The van der Waals surface area contributed by atoms with Crippen LogP contribution in [-0.4, -0.2) is 36.2 Å². The molecule has 94 valence electrons. The molecule has 0 saturated heterocycles. The summed E-state index contributed by atoms with van der Waals surface area (Å²) in [5, 5.41) is 8.97. The molecule has 0 unspecified atom stereocenters. The van der Waals surface area contributed by atoms with Crippen LogP contribution in [0, 0.1) is 0 Å². The summed E-state index contributed by atoms with van der Waals surface area (Å²) in [6.45, 7) is 6.72. The normalized spacial score (nSPS) is 10.6. The Labute approximate surface area is 102 Å². The van der Waals surface area contributed by atoms with E-state index in [-0.39, 0.29) is 0 Å². The van der Waals surface area contributed by atoms with Gasteiger partial charge >= 0.3 is 5.97 Å². The first-order chi connectivity index (χ1) is 8.12. The van der Waals surface area contributed by atoms with Crippen LogP contribution in [0.2, 0.25) is 0 Å². The zero-order chi connectivity index (χ0) is 12.8. The SMILES string of the molecule is CCN(CC)Cc1cc(C(=O)O)ccc1OC. The lowest BCUT2D eigenvalue weighted by molar-refractivity contribution is 0.0696. The lowest BCUT2D eigenvalue weighted by atomic mass is 10.1. The number of aromatic carboxylic acids is 1. The van der Waals surface area contributed by atoms with Gasteiger partial charge < -0.3 is 9.84 Å². The molecule has 0 fully saturated rings. The van der Waals surface area contributed by atoms with Crippen molar-refractivity contribution in [2.45, 2.75) is 20.4 Å². The molecule has 0 saturated carbocycles. The molecule has 0 radical (unpaired) electrons. The second kappa shape index (κ2) is 6.25. The van der Waals surface area contributed by atoms with Crippen LogP contribution in [0.4, 0.5) is 0 Å².